The number of carbonyl (C=O) groups excluding carboxylic acids is 1. The summed E-state index contributed by atoms with van der Waals surface area (Å²) in [5.41, 5.74) is 0. The molecule has 21 heavy (non-hydrogen) atoms. The zero-order chi connectivity index (χ0) is 14.9. The van der Waals surface area contributed by atoms with Gasteiger partial charge in [-0.05, 0) is 57.4 Å². The third kappa shape index (κ3) is 6.35. The van der Waals surface area contributed by atoms with Crippen molar-refractivity contribution in [3.63, 3.8) is 0 Å². The van der Waals surface area contributed by atoms with E-state index >= 15 is 0 Å². The van der Waals surface area contributed by atoms with Crippen molar-refractivity contribution in [2.24, 2.45) is 5.92 Å². The summed E-state index contributed by atoms with van der Waals surface area (Å²) in [7, 11) is 0. The van der Waals surface area contributed by atoms with Crippen molar-refractivity contribution >= 4 is 5.91 Å². The molecule has 2 fully saturated rings. The van der Waals surface area contributed by atoms with Gasteiger partial charge in [0.15, 0.2) is 0 Å². The average Bonchev–Trinajstić information content (AvgIpc) is 2.98. The Balaban J connectivity index is 1.54. The van der Waals surface area contributed by atoms with Gasteiger partial charge in [0.25, 0.3) is 0 Å². The summed E-state index contributed by atoms with van der Waals surface area (Å²) >= 11 is 0. The van der Waals surface area contributed by atoms with Gasteiger partial charge in [-0.2, -0.15) is 0 Å². The molecular formula is C17H32N2O2. The van der Waals surface area contributed by atoms with Crippen molar-refractivity contribution in [3.05, 3.63) is 0 Å². The standard InChI is InChI=1S/C17H32N2O2/c20-13-5-1-4-10-19-11-8-16(9-12-19)18-17(21)14-15-6-2-3-7-15/h15-16,20H,1-14H2,(H,18,21). The second kappa shape index (κ2) is 9.42. The molecule has 0 spiro atoms. The minimum Gasteiger partial charge on any atom is -0.396 e. The van der Waals surface area contributed by atoms with Crippen molar-refractivity contribution in [1.29, 1.82) is 0 Å². The fourth-order valence-corrected chi connectivity index (χ4v) is 3.69. The van der Waals surface area contributed by atoms with E-state index in [1.54, 1.807) is 0 Å². The predicted molar refractivity (Wildman–Crippen MR) is 85.1 cm³/mol. The molecule has 4 nitrogen and oxygen atoms in total. The number of amides is 1. The van der Waals surface area contributed by atoms with Crippen LogP contribution in [0.5, 0.6) is 0 Å². The van der Waals surface area contributed by atoms with Crippen LogP contribution in [-0.2, 0) is 4.79 Å². The summed E-state index contributed by atoms with van der Waals surface area (Å²) < 4.78 is 0. The number of unbranched alkanes of at least 4 members (excludes halogenated alkanes) is 2. The molecule has 0 aromatic carbocycles. The van der Waals surface area contributed by atoms with Crippen LogP contribution in [0.25, 0.3) is 0 Å². The quantitative estimate of drug-likeness (QED) is 0.676. The lowest BCUT2D eigenvalue weighted by atomic mass is 10.0. The van der Waals surface area contributed by atoms with Gasteiger partial charge in [-0.3, -0.25) is 4.79 Å². The third-order valence-corrected chi connectivity index (χ3v) is 5.03. The first-order valence-electron chi connectivity index (χ1n) is 8.90. The average molecular weight is 296 g/mol. The van der Waals surface area contributed by atoms with Gasteiger partial charge in [0.2, 0.25) is 5.91 Å². The normalized spacial score (nSPS) is 21.8. The van der Waals surface area contributed by atoms with Crippen LogP contribution in [-0.4, -0.2) is 48.2 Å². The molecule has 0 bridgehead atoms. The maximum atomic E-state index is 12.0. The van der Waals surface area contributed by atoms with Crippen molar-refractivity contribution in [1.82, 2.24) is 10.2 Å². The summed E-state index contributed by atoms with van der Waals surface area (Å²) in [5, 5.41) is 12.0. The highest BCUT2D eigenvalue weighted by Crippen LogP contribution is 2.27. The summed E-state index contributed by atoms with van der Waals surface area (Å²) in [6.45, 7) is 3.67. The van der Waals surface area contributed by atoms with E-state index < -0.39 is 0 Å². The molecule has 2 rings (SSSR count). The van der Waals surface area contributed by atoms with Gasteiger partial charge in [-0.1, -0.05) is 12.8 Å². The molecule has 1 amide bonds. The Morgan fingerprint density at radius 1 is 1.05 bits per heavy atom. The fourth-order valence-electron chi connectivity index (χ4n) is 3.69. The maximum Gasteiger partial charge on any atom is 0.220 e. The smallest absolute Gasteiger partial charge is 0.220 e. The molecule has 2 N–H and O–H groups in total. The number of hydrogen-bond donors (Lipinski definition) is 2. The zero-order valence-electron chi connectivity index (χ0n) is 13.4. The van der Waals surface area contributed by atoms with E-state index in [1.165, 1.54) is 32.1 Å². The molecule has 1 aliphatic heterocycles. The first kappa shape index (κ1) is 16.8. The molecular weight excluding hydrogens is 264 g/mol. The molecule has 122 valence electrons. The van der Waals surface area contributed by atoms with Crippen LogP contribution in [0.15, 0.2) is 0 Å². The molecule has 0 unspecified atom stereocenters. The number of aliphatic hydroxyl groups excluding tert-OH is 1. The van der Waals surface area contributed by atoms with Crippen molar-refractivity contribution < 1.29 is 9.90 Å². The van der Waals surface area contributed by atoms with Gasteiger partial charge in [-0.15, -0.1) is 0 Å². The van der Waals surface area contributed by atoms with E-state index in [-0.39, 0.29) is 5.91 Å². The number of piperidine rings is 1. The third-order valence-electron chi connectivity index (χ3n) is 5.03. The number of aliphatic hydroxyl groups is 1. The number of nitrogens with zero attached hydrogens (tertiary/aromatic N) is 1. The molecule has 1 heterocycles. The fraction of sp³-hybridized carbons (Fsp3) is 0.941. The Morgan fingerprint density at radius 3 is 2.43 bits per heavy atom. The van der Waals surface area contributed by atoms with E-state index in [0.29, 0.717) is 18.6 Å². The molecule has 0 aromatic heterocycles. The summed E-state index contributed by atoms with van der Waals surface area (Å²) in [6, 6.07) is 0.396. The predicted octanol–water partition coefficient (Wildman–Crippen LogP) is 2.31. The van der Waals surface area contributed by atoms with Crippen molar-refractivity contribution in [2.75, 3.05) is 26.2 Å². The molecule has 2 aliphatic rings. The van der Waals surface area contributed by atoms with Crippen LogP contribution in [0, 0.1) is 5.92 Å². The Labute approximate surface area is 129 Å². The lowest BCUT2D eigenvalue weighted by Crippen LogP contribution is -2.45. The maximum absolute atomic E-state index is 12.0. The number of rotatable bonds is 8. The molecule has 1 saturated carbocycles. The van der Waals surface area contributed by atoms with E-state index in [2.05, 4.69) is 10.2 Å². The summed E-state index contributed by atoms with van der Waals surface area (Å²) in [5.74, 6) is 0.930. The second-order valence-corrected chi connectivity index (χ2v) is 6.82. The van der Waals surface area contributed by atoms with Crippen LogP contribution in [0.2, 0.25) is 0 Å². The first-order chi connectivity index (χ1) is 10.3. The number of carbonyl (C=O) groups is 1. The van der Waals surface area contributed by atoms with E-state index in [9.17, 15) is 4.79 Å². The van der Waals surface area contributed by atoms with Crippen molar-refractivity contribution in [2.45, 2.75) is 70.3 Å². The Morgan fingerprint density at radius 2 is 1.76 bits per heavy atom. The summed E-state index contributed by atoms with van der Waals surface area (Å²) in [6.07, 6.45) is 11.3. The van der Waals surface area contributed by atoms with Crippen LogP contribution < -0.4 is 5.32 Å². The van der Waals surface area contributed by atoms with Gasteiger partial charge in [0.1, 0.15) is 0 Å². The molecule has 0 atom stereocenters. The van der Waals surface area contributed by atoms with Crippen molar-refractivity contribution in [3.8, 4) is 0 Å². The number of nitrogens with one attached hydrogen (secondary N) is 1. The lowest BCUT2D eigenvalue weighted by Gasteiger charge is -2.32. The Bertz CT molecular complexity index is 295. The molecule has 4 heteroatoms. The Kier molecular flexibility index (Phi) is 7.51. The second-order valence-electron chi connectivity index (χ2n) is 6.82. The minimum atomic E-state index is 0.281. The van der Waals surface area contributed by atoms with E-state index in [1.807, 2.05) is 0 Å². The largest absolute Gasteiger partial charge is 0.396 e. The van der Waals surface area contributed by atoms with Gasteiger partial charge in [-0.25, -0.2) is 0 Å². The minimum absolute atomic E-state index is 0.281. The first-order valence-corrected chi connectivity index (χ1v) is 8.90. The topological polar surface area (TPSA) is 52.6 Å². The number of hydrogen-bond acceptors (Lipinski definition) is 3. The highest BCUT2D eigenvalue weighted by Gasteiger charge is 2.23. The van der Waals surface area contributed by atoms with Crippen LogP contribution in [0.1, 0.15) is 64.2 Å². The van der Waals surface area contributed by atoms with Gasteiger partial charge in [0, 0.05) is 32.2 Å². The SMILES string of the molecule is O=C(CC1CCCC1)NC1CCN(CCCCCO)CC1. The summed E-state index contributed by atoms with van der Waals surface area (Å²) in [4.78, 5) is 14.5. The van der Waals surface area contributed by atoms with E-state index in [0.717, 1.165) is 51.7 Å². The van der Waals surface area contributed by atoms with E-state index in [4.69, 9.17) is 5.11 Å². The molecule has 1 aliphatic carbocycles. The molecule has 0 aromatic rings. The molecule has 1 saturated heterocycles. The zero-order valence-corrected chi connectivity index (χ0v) is 13.4. The van der Waals surface area contributed by atoms with Crippen LogP contribution >= 0.6 is 0 Å². The highest BCUT2D eigenvalue weighted by molar-refractivity contribution is 5.76. The van der Waals surface area contributed by atoms with Gasteiger partial charge < -0.3 is 15.3 Å². The molecule has 0 radical (unpaired) electrons. The van der Waals surface area contributed by atoms with Crippen LogP contribution in [0.4, 0.5) is 0 Å². The van der Waals surface area contributed by atoms with Crippen LogP contribution in [0.3, 0.4) is 0 Å². The van der Waals surface area contributed by atoms with Gasteiger partial charge >= 0.3 is 0 Å². The van der Waals surface area contributed by atoms with Gasteiger partial charge in [0.05, 0.1) is 0 Å². The highest BCUT2D eigenvalue weighted by atomic mass is 16.2. The lowest BCUT2D eigenvalue weighted by molar-refractivity contribution is -0.123. The monoisotopic (exact) mass is 296 g/mol. The Hall–Kier alpha value is -0.610. The number of likely N-dealkylation sites (tertiary alicyclic amines) is 1.